The van der Waals surface area contributed by atoms with Gasteiger partial charge in [0.25, 0.3) is 0 Å². The first kappa shape index (κ1) is 12.6. The number of nitrogens with one attached hydrogen (secondary N) is 1. The van der Waals surface area contributed by atoms with Gasteiger partial charge in [-0.2, -0.15) is 0 Å². The summed E-state index contributed by atoms with van der Waals surface area (Å²) in [4.78, 5) is 16.7. The minimum Gasteiger partial charge on any atom is -0.465 e. The summed E-state index contributed by atoms with van der Waals surface area (Å²) in [7, 11) is 1.38. The Hall–Kier alpha value is -1.88. The largest absolute Gasteiger partial charge is 0.465 e. The number of carbonyl (C=O) groups is 1. The van der Waals surface area contributed by atoms with Gasteiger partial charge in [-0.25, -0.2) is 9.78 Å². The maximum absolute atomic E-state index is 11.3. The molecule has 2 rings (SSSR count). The van der Waals surface area contributed by atoms with Gasteiger partial charge < -0.3 is 10.1 Å². The molecule has 0 bridgehead atoms. The van der Waals surface area contributed by atoms with Gasteiger partial charge >= 0.3 is 5.97 Å². The third-order valence-corrected chi connectivity index (χ3v) is 3.31. The SMILES string of the molecule is COC(=O)c1ccc(CNc2ncc(C)s2)cc1. The molecule has 2 aromatic rings. The summed E-state index contributed by atoms with van der Waals surface area (Å²) in [6.45, 7) is 2.71. The van der Waals surface area contributed by atoms with Crippen LogP contribution >= 0.6 is 11.3 Å². The van der Waals surface area contributed by atoms with Crippen LogP contribution in [0.2, 0.25) is 0 Å². The molecule has 0 aliphatic carbocycles. The molecule has 1 N–H and O–H groups in total. The molecule has 94 valence electrons. The first-order chi connectivity index (χ1) is 8.69. The van der Waals surface area contributed by atoms with E-state index in [1.807, 2.05) is 25.3 Å². The van der Waals surface area contributed by atoms with Gasteiger partial charge in [0.05, 0.1) is 12.7 Å². The van der Waals surface area contributed by atoms with E-state index in [1.165, 1.54) is 12.0 Å². The summed E-state index contributed by atoms with van der Waals surface area (Å²) in [5.41, 5.74) is 1.65. The minimum atomic E-state index is -0.315. The third kappa shape index (κ3) is 3.07. The zero-order chi connectivity index (χ0) is 13.0. The van der Waals surface area contributed by atoms with Crippen molar-refractivity contribution in [3.05, 3.63) is 46.5 Å². The number of esters is 1. The molecule has 4 nitrogen and oxygen atoms in total. The first-order valence-electron chi connectivity index (χ1n) is 5.52. The molecule has 0 atom stereocenters. The molecule has 0 radical (unpaired) electrons. The van der Waals surface area contributed by atoms with Crippen LogP contribution in [0, 0.1) is 6.92 Å². The molecule has 5 heteroatoms. The summed E-state index contributed by atoms with van der Waals surface area (Å²) in [5, 5.41) is 4.14. The van der Waals surface area contributed by atoms with Crippen LogP contribution < -0.4 is 5.32 Å². The highest BCUT2D eigenvalue weighted by atomic mass is 32.1. The average Bonchev–Trinajstić information content (AvgIpc) is 2.82. The number of hydrogen-bond donors (Lipinski definition) is 1. The molecule has 18 heavy (non-hydrogen) atoms. The second-order valence-electron chi connectivity index (χ2n) is 3.82. The molecular formula is C13H14N2O2S. The Morgan fingerprint density at radius 1 is 1.39 bits per heavy atom. The highest BCUT2D eigenvalue weighted by Crippen LogP contribution is 2.17. The normalized spacial score (nSPS) is 10.1. The zero-order valence-corrected chi connectivity index (χ0v) is 11.1. The standard InChI is InChI=1S/C13H14N2O2S/c1-9-7-14-13(18-9)15-8-10-3-5-11(6-4-10)12(16)17-2/h3-7H,8H2,1-2H3,(H,14,15). The van der Waals surface area contributed by atoms with Gasteiger partial charge in [-0.15, -0.1) is 11.3 Å². The molecule has 1 heterocycles. The molecule has 1 aromatic heterocycles. The predicted octanol–water partition coefficient (Wildman–Crippen LogP) is 2.85. The molecule has 0 unspecified atom stereocenters. The third-order valence-electron chi connectivity index (χ3n) is 2.44. The fourth-order valence-electron chi connectivity index (χ4n) is 1.49. The number of thiazole rings is 1. The van der Waals surface area contributed by atoms with Crippen molar-refractivity contribution in [3.63, 3.8) is 0 Å². The van der Waals surface area contributed by atoms with E-state index >= 15 is 0 Å². The van der Waals surface area contributed by atoms with Gasteiger partial charge in [0.15, 0.2) is 5.13 Å². The van der Waals surface area contributed by atoms with Gasteiger partial charge in [-0.1, -0.05) is 12.1 Å². The molecule has 0 fully saturated rings. The number of benzene rings is 1. The van der Waals surface area contributed by atoms with Gasteiger partial charge in [0.2, 0.25) is 0 Å². The Labute approximate surface area is 110 Å². The smallest absolute Gasteiger partial charge is 0.337 e. The number of methoxy groups -OCH3 is 1. The Morgan fingerprint density at radius 2 is 2.11 bits per heavy atom. The maximum atomic E-state index is 11.3. The van der Waals surface area contributed by atoms with Crippen molar-refractivity contribution >= 4 is 22.4 Å². The van der Waals surface area contributed by atoms with Gasteiger partial charge in [-0.05, 0) is 24.6 Å². The minimum absolute atomic E-state index is 0.315. The van der Waals surface area contributed by atoms with Crippen molar-refractivity contribution in [1.82, 2.24) is 4.98 Å². The summed E-state index contributed by atoms with van der Waals surface area (Å²) in [5.74, 6) is -0.315. The number of nitrogens with zero attached hydrogens (tertiary/aromatic N) is 1. The second-order valence-corrected chi connectivity index (χ2v) is 5.05. The fourth-order valence-corrected chi connectivity index (χ4v) is 2.15. The van der Waals surface area contributed by atoms with Crippen LogP contribution in [0.15, 0.2) is 30.5 Å². The lowest BCUT2D eigenvalue weighted by Crippen LogP contribution is -2.02. The first-order valence-corrected chi connectivity index (χ1v) is 6.34. The van der Waals surface area contributed by atoms with Gasteiger partial charge in [0, 0.05) is 17.6 Å². The monoisotopic (exact) mass is 262 g/mol. The van der Waals surface area contributed by atoms with Crippen LogP contribution in [-0.2, 0) is 11.3 Å². The fraction of sp³-hybridized carbons (Fsp3) is 0.231. The van der Waals surface area contributed by atoms with Crippen molar-refractivity contribution in [3.8, 4) is 0 Å². The van der Waals surface area contributed by atoms with Crippen molar-refractivity contribution in [2.75, 3.05) is 12.4 Å². The van der Waals surface area contributed by atoms with Crippen LogP contribution in [0.4, 0.5) is 5.13 Å². The highest BCUT2D eigenvalue weighted by Gasteiger charge is 2.04. The van der Waals surface area contributed by atoms with Crippen molar-refractivity contribution in [1.29, 1.82) is 0 Å². The summed E-state index contributed by atoms with van der Waals surface area (Å²) >= 11 is 1.62. The molecule has 0 saturated carbocycles. The number of aromatic nitrogens is 1. The van der Waals surface area contributed by atoms with E-state index in [0.717, 1.165) is 10.7 Å². The number of rotatable bonds is 4. The van der Waals surface area contributed by atoms with Crippen molar-refractivity contribution in [2.45, 2.75) is 13.5 Å². The number of aryl methyl sites for hydroxylation is 1. The summed E-state index contributed by atoms with van der Waals surface area (Å²) in [6.07, 6.45) is 1.84. The molecular weight excluding hydrogens is 248 g/mol. The zero-order valence-electron chi connectivity index (χ0n) is 10.3. The molecule has 0 amide bonds. The van der Waals surface area contributed by atoms with Crippen LogP contribution in [0.5, 0.6) is 0 Å². The molecule has 0 saturated heterocycles. The number of hydrogen-bond acceptors (Lipinski definition) is 5. The van der Waals surface area contributed by atoms with Crippen LogP contribution in [0.3, 0.4) is 0 Å². The van der Waals surface area contributed by atoms with Crippen LogP contribution in [-0.4, -0.2) is 18.1 Å². The topological polar surface area (TPSA) is 51.2 Å². The van der Waals surface area contributed by atoms with E-state index in [2.05, 4.69) is 15.0 Å². The Bertz CT molecular complexity index is 534. The van der Waals surface area contributed by atoms with Gasteiger partial charge in [0.1, 0.15) is 0 Å². The number of ether oxygens (including phenoxy) is 1. The van der Waals surface area contributed by atoms with E-state index in [-0.39, 0.29) is 5.97 Å². The lowest BCUT2D eigenvalue weighted by atomic mass is 10.1. The number of carbonyl (C=O) groups excluding carboxylic acids is 1. The van der Waals surface area contributed by atoms with E-state index in [9.17, 15) is 4.79 Å². The van der Waals surface area contributed by atoms with E-state index < -0.39 is 0 Å². The maximum Gasteiger partial charge on any atom is 0.337 e. The average molecular weight is 262 g/mol. The van der Waals surface area contributed by atoms with E-state index in [4.69, 9.17) is 0 Å². The summed E-state index contributed by atoms with van der Waals surface area (Å²) < 4.78 is 4.65. The van der Waals surface area contributed by atoms with Crippen molar-refractivity contribution < 1.29 is 9.53 Å². The Balaban J connectivity index is 1.96. The van der Waals surface area contributed by atoms with E-state index in [0.29, 0.717) is 12.1 Å². The Kier molecular flexibility index (Phi) is 3.94. The molecule has 0 spiro atoms. The molecule has 1 aromatic carbocycles. The van der Waals surface area contributed by atoms with Gasteiger partial charge in [-0.3, -0.25) is 0 Å². The highest BCUT2D eigenvalue weighted by molar-refractivity contribution is 7.15. The number of anilines is 1. The van der Waals surface area contributed by atoms with E-state index in [1.54, 1.807) is 23.5 Å². The predicted molar refractivity (Wildman–Crippen MR) is 72.0 cm³/mol. The molecule has 0 aliphatic heterocycles. The Morgan fingerprint density at radius 3 is 2.67 bits per heavy atom. The van der Waals surface area contributed by atoms with Crippen LogP contribution in [0.25, 0.3) is 0 Å². The van der Waals surface area contributed by atoms with Crippen molar-refractivity contribution in [2.24, 2.45) is 0 Å². The molecule has 0 aliphatic rings. The quantitative estimate of drug-likeness (QED) is 0.861. The summed E-state index contributed by atoms with van der Waals surface area (Å²) in [6, 6.07) is 7.32. The lowest BCUT2D eigenvalue weighted by molar-refractivity contribution is 0.0600. The second kappa shape index (κ2) is 5.64. The van der Waals surface area contributed by atoms with Crippen LogP contribution in [0.1, 0.15) is 20.8 Å². The lowest BCUT2D eigenvalue weighted by Gasteiger charge is -2.04.